The van der Waals surface area contributed by atoms with Gasteiger partial charge >= 0.3 is 0 Å². The second-order valence-electron chi connectivity index (χ2n) is 4.97. The number of nitrogen functional groups attached to an aromatic ring is 1. The van der Waals surface area contributed by atoms with Gasteiger partial charge in [-0.3, -0.25) is 4.79 Å². The van der Waals surface area contributed by atoms with Crippen LogP contribution < -0.4 is 11.4 Å². The molecule has 0 amide bonds. The monoisotopic (exact) mass is 283 g/mol. The fraction of sp³-hybridized carbons (Fsp3) is 0.294. The van der Waals surface area contributed by atoms with Crippen molar-refractivity contribution in [3.05, 3.63) is 64.7 Å². The van der Waals surface area contributed by atoms with Crippen molar-refractivity contribution in [2.24, 2.45) is 0 Å². The number of para-hydroxylation sites is 1. The number of aromatic nitrogens is 2. The second-order valence-corrected chi connectivity index (χ2v) is 4.97. The molecule has 0 saturated heterocycles. The summed E-state index contributed by atoms with van der Waals surface area (Å²) in [5, 5.41) is 0.555. The molecule has 1 aromatic carbocycles. The van der Waals surface area contributed by atoms with Gasteiger partial charge in [0, 0.05) is 5.92 Å². The Balaban J connectivity index is 2.55. The summed E-state index contributed by atoms with van der Waals surface area (Å²) < 4.78 is 1.19. The first kappa shape index (κ1) is 15.0. The van der Waals surface area contributed by atoms with Gasteiger partial charge in [-0.2, -0.15) is 0 Å². The van der Waals surface area contributed by atoms with E-state index in [1.807, 2.05) is 44.2 Å². The predicted molar refractivity (Wildman–Crippen MR) is 87.8 cm³/mol. The molecule has 0 aliphatic rings. The number of rotatable bonds is 5. The molecule has 1 aromatic heterocycles. The molecule has 0 radical (unpaired) electrons. The molecule has 0 bridgehead atoms. The van der Waals surface area contributed by atoms with Crippen molar-refractivity contribution in [2.75, 3.05) is 5.84 Å². The zero-order valence-electron chi connectivity index (χ0n) is 12.5. The molecule has 0 aliphatic heterocycles. The second kappa shape index (κ2) is 6.88. The van der Waals surface area contributed by atoms with Crippen LogP contribution in [-0.4, -0.2) is 9.66 Å². The lowest BCUT2D eigenvalue weighted by Crippen LogP contribution is -2.32. The molecule has 0 spiro atoms. The molecule has 2 rings (SSSR count). The van der Waals surface area contributed by atoms with Gasteiger partial charge in [0.25, 0.3) is 5.56 Å². The van der Waals surface area contributed by atoms with Crippen LogP contribution in [0.1, 0.15) is 38.4 Å². The lowest BCUT2D eigenvalue weighted by Gasteiger charge is -2.16. The Morgan fingerprint density at radius 2 is 1.81 bits per heavy atom. The molecular formula is C17H21N3O. The Hall–Kier alpha value is -2.36. The van der Waals surface area contributed by atoms with Gasteiger partial charge in [-0.15, -0.1) is 0 Å². The van der Waals surface area contributed by atoms with E-state index in [9.17, 15) is 4.79 Å². The Morgan fingerprint density at radius 1 is 1.19 bits per heavy atom. The van der Waals surface area contributed by atoms with Crippen LogP contribution in [0.2, 0.25) is 0 Å². The summed E-state index contributed by atoms with van der Waals surface area (Å²) in [4.78, 5) is 17.0. The van der Waals surface area contributed by atoms with Crippen LogP contribution in [0.25, 0.3) is 10.9 Å². The SMILES string of the molecule is C/C=C/CC(C/C=C/C)c1nc2ccccc2c(=O)n1N. The molecule has 0 aliphatic carbocycles. The Bertz CT molecular complexity index is 714. The summed E-state index contributed by atoms with van der Waals surface area (Å²) >= 11 is 0. The van der Waals surface area contributed by atoms with Crippen LogP contribution in [0.5, 0.6) is 0 Å². The van der Waals surface area contributed by atoms with Gasteiger partial charge in [0.05, 0.1) is 10.9 Å². The number of hydrogen-bond donors (Lipinski definition) is 1. The molecule has 2 aromatic rings. The topological polar surface area (TPSA) is 60.9 Å². The van der Waals surface area contributed by atoms with Gasteiger partial charge in [0.1, 0.15) is 5.82 Å². The number of hydrogen-bond acceptors (Lipinski definition) is 3. The van der Waals surface area contributed by atoms with E-state index in [-0.39, 0.29) is 11.5 Å². The van der Waals surface area contributed by atoms with Gasteiger partial charge in [-0.1, -0.05) is 36.4 Å². The standard InChI is InChI=1S/C17H21N3O/c1-3-5-9-13(10-6-4-2)16-19-15-12-8-7-11-14(15)17(21)20(16)18/h3-8,11-13H,9-10,18H2,1-2H3/b5-3+,6-4+. The van der Waals surface area contributed by atoms with Crippen molar-refractivity contribution < 1.29 is 0 Å². The summed E-state index contributed by atoms with van der Waals surface area (Å²) in [5.41, 5.74) is 0.506. The third kappa shape index (κ3) is 3.21. The highest BCUT2D eigenvalue weighted by Crippen LogP contribution is 2.23. The van der Waals surface area contributed by atoms with Crippen molar-refractivity contribution in [2.45, 2.75) is 32.6 Å². The van der Waals surface area contributed by atoms with Crippen LogP contribution in [0.4, 0.5) is 0 Å². The molecule has 4 nitrogen and oxygen atoms in total. The Labute approximate surface area is 124 Å². The molecule has 0 saturated carbocycles. The quantitative estimate of drug-likeness (QED) is 0.677. The highest BCUT2D eigenvalue weighted by molar-refractivity contribution is 5.77. The third-order valence-corrected chi connectivity index (χ3v) is 3.51. The molecular weight excluding hydrogens is 262 g/mol. The van der Waals surface area contributed by atoms with Crippen molar-refractivity contribution >= 4 is 10.9 Å². The van der Waals surface area contributed by atoms with Gasteiger partial charge in [-0.05, 0) is 38.8 Å². The Kier molecular flexibility index (Phi) is 4.93. The van der Waals surface area contributed by atoms with E-state index in [1.165, 1.54) is 4.68 Å². The molecule has 2 N–H and O–H groups in total. The molecule has 0 fully saturated rings. The van der Waals surface area contributed by atoms with Crippen LogP contribution in [0.3, 0.4) is 0 Å². The fourth-order valence-electron chi connectivity index (χ4n) is 2.36. The first-order chi connectivity index (χ1) is 10.2. The average Bonchev–Trinajstić information content (AvgIpc) is 2.51. The first-order valence-corrected chi connectivity index (χ1v) is 7.18. The lowest BCUT2D eigenvalue weighted by molar-refractivity contribution is 0.620. The summed E-state index contributed by atoms with van der Waals surface area (Å²) in [7, 11) is 0. The van der Waals surface area contributed by atoms with E-state index in [2.05, 4.69) is 17.1 Å². The third-order valence-electron chi connectivity index (χ3n) is 3.51. The van der Waals surface area contributed by atoms with Crippen LogP contribution in [-0.2, 0) is 0 Å². The maximum absolute atomic E-state index is 12.4. The van der Waals surface area contributed by atoms with E-state index >= 15 is 0 Å². The number of fused-ring (bicyclic) bond motifs is 1. The predicted octanol–water partition coefficient (Wildman–Crippen LogP) is 3.13. The molecule has 0 atom stereocenters. The number of benzene rings is 1. The number of allylic oxidation sites excluding steroid dienone is 4. The smallest absolute Gasteiger partial charge is 0.279 e. The molecule has 0 unspecified atom stereocenters. The Morgan fingerprint density at radius 3 is 2.43 bits per heavy atom. The molecule has 4 heteroatoms. The minimum Gasteiger partial charge on any atom is -0.335 e. The van der Waals surface area contributed by atoms with Crippen LogP contribution in [0.15, 0.2) is 53.4 Å². The largest absolute Gasteiger partial charge is 0.335 e. The van der Waals surface area contributed by atoms with Gasteiger partial charge in [-0.25, -0.2) is 9.66 Å². The highest BCUT2D eigenvalue weighted by Gasteiger charge is 2.17. The molecule has 21 heavy (non-hydrogen) atoms. The minimum absolute atomic E-state index is 0.0970. The van der Waals surface area contributed by atoms with Crippen molar-refractivity contribution in [1.82, 2.24) is 9.66 Å². The maximum Gasteiger partial charge on any atom is 0.279 e. The van der Waals surface area contributed by atoms with E-state index in [4.69, 9.17) is 5.84 Å². The molecule has 110 valence electrons. The van der Waals surface area contributed by atoms with E-state index in [0.717, 1.165) is 12.8 Å². The summed E-state index contributed by atoms with van der Waals surface area (Å²) in [5.74, 6) is 6.72. The van der Waals surface area contributed by atoms with Crippen molar-refractivity contribution in [3.8, 4) is 0 Å². The number of nitrogens with zero attached hydrogens (tertiary/aromatic N) is 2. The summed E-state index contributed by atoms with van der Waals surface area (Å²) in [6, 6.07) is 7.31. The number of nitrogens with two attached hydrogens (primary N) is 1. The summed E-state index contributed by atoms with van der Waals surface area (Å²) in [6.07, 6.45) is 9.78. The highest BCUT2D eigenvalue weighted by atomic mass is 16.1. The minimum atomic E-state index is -0.193. The summed E-state index contributed by atoms with van der Waals surface area (Å²) in [6.45, 7) is 3.96. The van der Waals surface area contributed by atoms with Crippen molar-refractivity contribution in [3.63, 3.8) is 0 Å². The normalized spacial score (nSPS) is 12.1. The first-order valence-electron chi connectivity index (χ1n) is 7.18. The maximum atomic E-state index is 12.4. The van der Waals surface area contributed by atoms with Gasteiger partial charge in [0.2, 0.25) is 0 Å². The van der Waals surface area contributed by atoms with Gasteiger partial charge < -0.3 is 5.84 Å². The van der Waals surface area contributed by atoms with Crippen LogP contribution >= 0.6 is 0 Å². The fourth-order valence-corrected chi connectivity index (χ4v) is 2.36. The van der Waals surface area contributed by atoms with Gasteiger partial charge in [0.15, 0.2) is 0 Å². The lowest BCUT2D eigenvalue weighted by atomic mass is 9.99. The van der Waals surface area contributed by atoms with E-state index in [0.29, 0.717) is 16.7 Å². The van der Waals surface area contributed by atoms with E-state index in [1.54, 1.807) is 6.07 Å². The van der Waals surface area contributed by atoms with Crippen LogP contribution in [0, 0.1) is 0 Å². The zero-order chi connectivity index (χ0) is 15.2. The van der Waals surface area contributed by atoms with Crippen molar-refractivity contribution in [1.29, 1.82) is 0 Å². The molecule has 1 heterocycles. The van der Waals surface area contributed by atoms with E-state index < -0.39 is 0 Å². The zero-order valence-corrected chi connectivity index (χ0v) is 12.5. The average molecular weight is 283 g/mol.